The Labute approximate surface area is 202 Å². The zero-order chi connectivity index (χ0) is 23.7. The lowest BCUT2D eigenvalue weighted by molar-refractivity contribution is 0.173. The van der Waals surface area contributed by atoms with Gasteiger partial charge in [-0.1, -0.05) is 47.5 Å². The van der Waals surface area contributed by atoms with Crippen LogP contribution in [0.3, 0.4) is 0 Å². The number of halogens is 1. The second-order valence-corrected chi connectivity index (χ2v) is 8.78. The third kappa shape index (κ3) is 4.34. The van der Waals surface area contributed by atoms with Gasteiger partial charge in [-0.3, -0.25) is 9.69 Å². The Morgan fingerprint density at radius 3 is 2.38 bits per heavy atom. The zero-order valence-corrected chi connectivity index (χ0v) is 19.8. The fraction of sp³-hybridized carbons (Fsp3) is 0.280. The lowest BCUT2D eigenvalue weighted by atomic mass is 10.1. The van der Waals surface area contributed by atoms with E-state index >= 15 is 0 Å². The summed E-state index contributed by atoms with van der Waals surface area (Å²) in [7, 11) is 0. The van der Waals surface area contributed by atoms with Gasteiger partial charge in [0.25, 0.3) is 5.56 Å². The van der Waals surface area contributed by atoms with Crippen molar-refractivity contribution in [3.8, 4) is 17.1 Å². The van der Waals surface area contributed by atoms with Crippen molar-refractivity contribution in [3.05, 3.63) is 87.6 Å². The molecular weight excluding hydrogens is 452 g/mol. The first-order valence-electron chi connectivity index (χ1n) is 11.2. The van der Waals surface area contributed by atoms with Crippen molar-refractivity contribution < 1.29 is 4.42 Å². The standard InChI is InChI=1S/C25H25ClN6O2/c1-17-8-10-19(11-9-17)24-29-28-23(34-24)18(2)30-12-14-31(15-13-30)21-16-27-32(25(33)22(21)26)20-6-4-3-5-7-20/h3-11,16,18H,12-15H2,1-2H3/t18-/m0/s1. The van der Waals surface area contributed by atoms with Gasteiger partial charge in [0, 0.05) is 31.7 Å². The van der Waals surface area contributed by atoms with E-state index in [1.54, 1.807) is 6.20 Å². The average Bonchev–Trinajstić information content (AvgIpc) is 3.37. The van der Waals surface area contributed by atoms with Crippen molar-refractivity contribution in [2.45, 2.75) is 19.9 Å². The van der Waals surface area contributed by atoms with Crippen LogP contribution in [0.4, 0.5) is 5.69 Å². The van der Waals surface area contributed by atoms with E-state index < -0.39 is 0 Å². The van der Waals surface area contributed by atoms with Crippen molar-refractivity contribution in [2.75, 3.05) is 31.1 Å². The minimum atomic E-state index is -0.323. The Balaban J connectivity index is 1.26. The van der Waals surface area contributed by atoms with Crippen LogP contribution in [0, 0.1) is 6.92 Å². The number of rotatable bonds is 5. The van der Waals surface area contributed by atoms with E-state index in [1.165, 1.54) is 10.2 Å². The number of piperazine rings is 1. The number of nitrogens with zero attached hydrogens (tertiary/aromatic N) is 6. The van der Waals surface area contributed by atoms with Crippen LogP contribution in [0.5, 0.6) is 0 Å². The first kappa shape index (κ1) is 22.3. The Morgan fingerprint density at radius 2 is 1.68 bits per heavy atom. The molecule has 8 nitrogen and oxygen atoms in total. The number of para-hydroxylation sites is 1. The molecule has 1 saturated heterocycles. The Hall–Kier alpha value is -3.49. The minimum absolute atomic E-state index is 0.0199. The highest BCUT2D eigenvalue weighted by atomic mass is 35.5. The minimum Gasteiger partial charge on any atom is -0.419 e. The van der Waals surface area contributed by atoms with Gasteiger partial charge in [0.2, 0.25) is 11.8 Å². The molecule has 4 aromatic rings. The van der Waals surface area contributed by atoms with Gasteiger partial charge in [0.15, 0.2) is 0 Å². The SMILES string of the molecule is Cc1ccc(-c2nnc([C@H](C)N3CCN(c4cnn(-c5ccccc5)c(=O)c4Cl)CC3)o2)cc1. The first-order valence-corrected chi connectivity index (χ1v) is 11.6. The third-order valence-corrected chi connectivity index (χ3v) is 6.56. The van der Waals surface area contributed by atoms with Crippen LogP contribution in [0.1, 0.15) is 24.4 Å². The molecule has 0 amide bonds. The van der Waals surface area contributed by atoms with Gasteiger partial charge < -0.3 is 9.32 Å². The number of hydrogen-bond acceptors (Lipinski definition) is 7. The molecule has 0 saturated carbocycles. The lowest BCUT2D eigenvalue weighted by Crippen LogP contribution is -2.47. The molecule has 1 aliphatic heterocycles. The average molecular weight is 477 g/mol. The summed E-state index contributed by atoms with van der Waals surface area (Å²) >= 11 is 6.49. The van der Waals surface area contributed by atoms with Gasteiger partial charge in [-0.05, 0) is 38.1 Å². The summed E-state index contributed by atoms with van der Waals surface area (Å²) in [6.45, 7) is 7.06. The molecule has 5 rings (SSSR count). The second-order valence-electron chi connectivity index (χ2n) is 8.41. The Kier molecular flexibility index (Phi) is 6.17. The van der Waals surface area contributed by atoms with Crippen molar-refractivity contribution >= 4 is 17.3 Å². The van der Waals surface area contributed by atoms with Crippen molar-refractivity contribution in [1.29, 1.82) is 0 Å². The fourth-order valence-corrected chi connectivity index (χ4v) is 4.37. The first-order chi connectivity index (χ1) is 16.5. The summed E-state index contributed by atoms with van der Waals surface area (Å²) < 4.78 is 7.30. The number of benzene rings is 2. The molecule has 0 unspecified atom stereocenters. The van der Waals surface area contributed by atoms with Gasteiger partial charge in [0.1, 0.15) is 5.02 Å². The van der Waals surface area contributed by atoms with E-state index in [-0.39, 0.29) is 16.6 Å². The summed E-state index contributed by atoms with van der Waals surface area (Å²) in [5.41, 5.74) is 3.11. The maximum atomic E-state index is 12.8. The van der Waals surface area contributed by atoms with Crippen molar-refractivity contribution in [2.24, 2.45) is 0 Å². The molecule has 1 aliphatic rings. The van der Waals surface area contributed by atoms with E-state index in [9.17, 15) is 4.79 Å². The van der Waals surface area contributed by atoms with Gasteiger partial charge in [-0.2, -0.15) is 9.78 Å². The fourth-order valence-electron chi connectivity index (χ4n) is 4.12. The quantitative estimate of drug-likeness (QED) is 0.428. The number of aryl methyl sites for hydroxylation is 1. The Bertz CT molecular complexity index is 1330. The van der Waals surface area contributed by atoms with Crippen LogP contribution in [0.15, 0.2) is 70.0 Å². The molecule has 34 heavy (non-hydrogen) atoms. The molecule has 0 spiro atoms. The predicted molar refractivity (Wildman–Crippen MR) is 132 cm³/mol. The third-order valence-electron chi connectivity index (χ3n) is 6.20. The maximum absolute atomic E-state index is 12.8. The second kappa shape index (κ2) is 9.40. The van der Waals surface area contributed by atoms with Crippen LogP contribution >= 0.6 is 11.6 Å². The molecular formula is C25H25ClN6O2. The van der Waals surface area contributed by atoms with Crippen LogP contribution < -0.4 is 10.5 Å². The molecule has 9 heteroatoms. The van der Waals surface area contributed by atoms with Crippen LogP contribution in [0.2, 0.25) is 5.02 Å². The van der Waals surface area contributed by atoms with E-state index in [1.807, 2.05) is 61.5 Å². The highest BCUT2D eigenvalue weighted by Crippen LogP contribution is 2.28. The molecule has 1 atom stereocenters. The number of aromatic nitrogens is 4. The molecule has 3 heterocycles. The van der Waals surface area contributed by atoms with Gasteiger partial charge in [-0.15, -0.1) is 10.2 Å². The van der Waals surface area contributed by atoms with Crippen LogP contribution in [0.25, 0.3) is 17.1 Å². The highest BCUT2D eigenvalue weighted by molar-refractivity contribution is 6.33. The van der Waals surface area contributed by atoms with E-state index in [0.717, 1.165) is 18.7 Å². The normalized spacial score (nSPS) is 15.4. The number of hydrogen-bond donors (Lipinski definition) is 0. The van der Waals surface area contributed by atoms with Crippen molar-refractivity contribution in [3.63, 3.8) is 0 Å². The monoisotopic (exact) mass is 476 g/mol. The lowest BCUT2D eigenvalue weighted by Gasteiger charge is -2.38. The zero-order valence-electron chi connectivity index (χ0n) is 19.1. The molecule has 0 radical (unpaired) electrons. The Morgan fingerprint density at radius 1 is 0.971 bits per heavy atom. The molecule has 0 bridgehead atoms. The topological polar surface area (TPSA) is 80.3 Å². The summed E-state index contributed by atoms with van der Waals surface area (Å²) in [4.78, 5) is 17.2. The maximum Gasteiger partial charge on any atom is 0.292 e. The van der Waals surface area contributed by atoms with Gasteiger partial charge in [-0.25, -0.2) is 0 Å². The van der Waals surface area contributed by atoms with Gasteiger partial charge >= 0.3 is 0 Å². The van der Waals surface area contributed by atoms with E-state index in [0.29, 0.717) is 36.2 Å². The summed E-state index contributed by atoms with van der Waals surface area (Å²) in [6.07, 6.45) is 1.67. The summed E-state index contributed by atoms with van der Waals surface area (Å²) in [5, 5.41) is 13.1. The van der Waals surface area contributed by atoms with E-state index in [2.05, 4.69) is 32.0 Å². The molecule has 0 N–H and O–H groups in total. The van der Waals surface area contributed by atoms with Crippen LogP contribution in [-0.4, -0.2) is 51.1 Å². The van der Waals surface area contributed by atoms with E-state index in [4.69, 9.17) is 16.0 Å². The molecule has 1 fully saturated rings. The smallest absolute Gasteiger partial charge is 0.292 e. The van der Waals surface area contributed by atoms with Gasteiger partial charge in [0.05, 0.1) is 23.6 Å². The highest BCUT2D eigenvalue weighted by Gasteiger charge is 2.27. The predicted octanol–water partition coefficient (Wildman–Crippen LogP) is 4.13. The van der Waals surface area contributed by atoms with Crippen molar-refractivity contribution in [1.82, 2.24) is 24.9 Å². The molecule has 2 aromatic carbocycles. The molecule has 174 valence electrons. The summed E-state index contributed by atoms with van der Waals surface area (Å²) in [6, 6.07) is 17.3. The summed E-state index contributed by atoms with van der Waals surface area (Å²) in [5.74, 6) is 1.12. The number of anilines is 1. The molecule has 2 aromatic heterocycles. The van der Waals surface area contributed by atoms with Crippen LogP contribution in [-0.2, 0) is 0 Å². The molecule has 0 aliphatic carbocycles. The largest absolute Gasteiger partial charge is 0.419 e.